The number of nitrogens with zero attached hydrogens (tertiary/aromatic N) is 2. The molecular weight excluding hydrogens is 308 g/mol. The molecule has 7 nitrogen and oxygen atoms in total. The molecule has 0 saturated carbocycles. The summed E-state index contributed by atoms with van der Waals surface area (Å²) in [5.41, 5.74) is 6.68. The van der Waals surface area contributed by atoms with Gasteiger partial charge in [-0.15, -0.1) is 0 Å². The number of carbonyl (C=O) groups excluding carboxylic acids is 1. The predicted octanol–water partition coefficient (Wildman–Crippen LogP) is 1.43. The van der Waals surface area contributed by atoms with Gasteiger partial charge in [0, 0.05) is 31.2 Å². The first kappa shape index (κ1) is 17.9. The van der Waals surface area contributed by atoms with Crippen molar-refractivity contribution in [2.75, 3.05) is 18.9 Å². The second-order valence-electron chi connectivity index (χ2n) is 6.24. The van der Waals surface area contributed by atoms with Crippen LogP contribution in [0.3, 0.4) is 0 Å². The summed E-state index contributed by atoms with van der Waals surface area (Å²) < 4.78 is 5.26. The van der Waals surface area contributed by atoms with E-state index in [0.29, 0.717) is 18.9 Å². The van der Waals surface area contributed by atoms with Crippen LogP contribution in [0.4, 0.5) is 5.95 Å². The number of nitrogens with two attached hydrogens (primary N) is 1. The number of rotatable bonds is 8. The Balaban J connectivity index is 1.97. The fraction of sp³-hybridized carbons (Fsp3) is 0.471. The summed E-state index contributed by atoms with van der Waals surface area (Å²) >= 11 is 0. The van der Waals surface area contributed by atoms with Crippen LogP contribution in [0.25, 0.3) is 0 Å². The van der Waals surface area contributed by atoms with Gasteiger partial charge < -0.3 is 20.6 Å². The molecule has 0 saturated heterocycles. The number of nitrogen functional groups attached to an aromatic ring is 1. The highest BCUT2D eigenvalue weighted by molar-refractivity contribution is 5.92. The van der Waals surface area contributed by atoms with Crippen LogP contribution in [-0.2, 0) is 12.8 Å². The van der Waals surface area contributed by atoms with Crippen molar-refractivity contribution in [2.45, 2.75) is 26.7 Å². The Morgan fingerprint density at radius 2 is 2.17 bits per heavy atom. The minimum absolute atomic E-state index is 0.0501. The van der Waals surface area contributed by atoms with Gasteiger partial charge in [-0.1, -0.05) is 13.8 Å². The Hall–Kier alpha value is -2.41. The van der Waals surface area contributed by atoms with E-state index >= 15 is 0 Å². The Labute approximate surface area is 141 Å². The molecule has 2 heterocycles. The van der Waals surface area contributed by atoms with E-state index in [1.165, 1.54) is 0 Å². The SMILES string of the molecule is CC(C)Cc1cc(C(=O)NCC(CO)Cc2ccco2)nc(N)n1. The van der Waals surface area contributed by atoms with Gasteiger partial charge in [-0.05, 0) is 30.5 Å². The number of aliphatic hydroxyl groups is 1. The molecule has 0 radical (unpaired) electrons. The zero-order valence-corrected chi connectivity index (χ0v) is 14.0. The molecule has 1 unspecified atom stereocenters. The lowest BCUT2D eigenvalue weighted by Crippen LogP contribution is -2.32. The van der Waals surface area contributed by atoms with E-state index in [1.54, 1.807) is 18.4 Å². The Bertz CT molecular complexity index is 656. The van der Waals surface area contributed by atoms with Gasteiger partial charge in [-0.3, -0.25) is 4.79 Å². The summed E-state index contributed by atoms with van der Waals surface area (Å²) in [7, 11) is 0. The van der Waals surface area contributed by atoms with Crippen molar-refractivity contribution in [3.63, 3.8) is 0 Å². The maximum absolute atomic E-state index is 12.3. The maximum Gasteiger partial charge on any atom is 0.270 e. The molecule has 1 amide bonds. The number of anilines is 1. The van der Waals surface area contributed by atoms with Gasteiger partial charge >= 0.3 is 0 Å². The van der Waals surface area contributed by atoms with Crippen LogP contribution in [0, 0.1) is 11.8 Å². The van der Waals surface area contributed by atoms with Crippen LogP contribution in [0.1, 0.15) is 35.8 Å². The standard InChI is InChI=1S/C17H24N4O3/c1-11(2)6-13-8-15(21-17(18)20-13)16(23)19-9-12(10-22)7-14-4-3-5-24-14/h3-5,8,11-12,22H,6-7,9-10H2,1-2H3,(H,19,23)(H2,18,20,21). The van der Waals surface area contributed by atoms with E-state index in [-0.39, 0.29) is 30.1 Å². The van der Waals surface area contributed by atoms with Crippen molar-refractivity contribution in [1.29, 1.82) is 0 Å². The maximum atomic E-state index is 12.3. The average molecular weight is 332 g/mol. The number of aromatic nitrogens is 2. The highest BCUT2D eigenvalue weighted by Gasteiger charge is 2.15. The average Bonchev–Trinajstić information content (AvgIpc) is 3.02. The van der Waals surface area contributed by atoms with E-state index in [2.05, 4.69) is 29.1 Å². The van der Waals surface area contributed by atoms with Gasteiger partial charge in [-0.2, -0.15) is 0 Å². The molecule has 4 N–H and O–H groups in total. The molecule has 0 aliphatic carbocycles. The van der Waals surface area contributed by atoms with Gasteiger partial charge in [0.2, 0.25) is 5.95 Å². The molecule has 24 heavy (non-hydrogen) atoms. The highest BCUT2D eigenvalue weighted by atomic mass is 16.3. The van der Waals surface area contributed by atoms with Crippen molar-refractivity contribution < 1.29 is 14.3 Å². The Kier molecular flexibility index (Phi) is 6.31. The van der Waals surface area contributed by atoms with Crippen molar-refractivity contribution in [3.05, 3.63) is 41.6 Å². The lowest BCUT2D eigenvalue weighted by molar-refractivity contribution is 0.0933. The summed E-state index contributed by atoms with van der Waals surface area (Å²) in [4.78, 5) is 20.4. The Morgan fingerprint density at radius 3 is 2.79 bits per heavy atom. The number of furan rings is 1. The van der Waals surface area contributed by atoms with Crippen LogP contribution < -0.4 is 11.1 Å². The zero-order valence-electron chi connectivity index (χ0n) is 14.0. The summed E-state index contributed by atoms with van der Waals surface area (Å²) in [5.74, 6) is 0.810. The molecule has 7 heteroatoms. The summed E-state index contributed by atoms with van der Waals surface area (Å²) in [5, 5.41) is 12.2. The number of aliphatic hydroxyl groups excluding tert-OH is 1. The van der Waals surface area contributed by atoms with Gasteiger partial charge in [0.05, 0.1) is 6.26 Å². The number of nitrogens with one attached hydrogen (secondary N) is 1. The number of hydrogen-bond donors (Lipinski definition) is 3. The van der Waals surface area contributed by atoms with Crippen LogP contribution >= 0.6 is 0 Å². The molecule has 2 aromatic rings. The van der Waals surface area contributed by atoms with E-state index in [9.17, 15) is 9.90 Å². The van der Waals surface area contributed by atoms with Crippen LogP contribution in [-0.4, -0.2) is 34.1 Å². The minimum Gasteiger partial charge on any atom is -0.469 e. The first-order valence-electron chi connectivity index (χ1n) is 8.02. The number of carbonyl (C=O) groups is 1. The summed E-state index contributed by atoms with van der Waals surface area (Å²) in [6, 6.07) is 5.29. The lowest BCUT2D eigenvalue weighted by atomic mass is 10.0. The summed E-state index contributed by atoms with van der Waals surface area (Å²) in [6.07, 6.45) is 2.86. The molecule has 0 aromatic carbocycles. The van der Waals surface area contributed by atoms with Gasteiger partial charge in [0.15, 0.2) is 0 Å². The highest BCUT2D eigenvalue weighted by Crippen LogP contribution is 2.11. The summed E-state index contributed by atoms with van der Waals surface area (Å²) in [6.45, 7) is 4.40. The lowest BCUT2D eigenvalue weighted by Gasteiger charge is -2.14. The third-order valence-corrected chi connectivity index (χ3v) is 3.53. The van der Waals surface area contributed by atoms with Crippen molar-refractivity contribution in [3.8, 4) is 0 Å². The fourth-order valence-corrected chi connectivity index (χ4v) is 2.40. The quantitative estimate of drug-likeness (QED) is 0.674. The molecule has 0 fully saturated rings. The molecule has 0 bridgehead atoms. The van der Waals surface area contributed by atoms with Gasteiger partial charge in [-0.25, -0.2) is 9.97 Å². The van der Waals surface area contributed by atoms with Crippen LogP contribution in [0.15, 0.2) is 28.9 Å². The van der Waals surface area contributed by atoms with E-state index in [0.717, 1.165) is 17.9 Å². The largest absolute Gasteiger partial charge is 0.469 e. The smallest absolute Gasteiger partial charge is 0.270 e. The van der Waals surface area contributed by atoms with Crippen molar-refractivity contribution >= 4 is 11.9 Å². The molecular formula is C17H24N4O3. The van der Waals surface area contributed by atoms with Crippen molar-refractivity contribution in [1.82, 2.24) is 15.3 Å². The number of hydrogen-bond acceptors (Lipinski definition) is 6. The third-order valence-electron chi connectivity index (χ3n) is 3.53. The van der Waals surface area contributed by atoms with E-state index in [4.69, 9.17) is 10.2 Å². The molecule has 2 aromatic heterocycles. The second-order valence-corrected chi connectivity index (χ2v) is 6.24. The second kappa shape index (κ2) is 8.44. The molecule has 0 aliphatic heterocycles. The predicted molar refractivity (Wildman–Crippen MR) is 90.3 cm³/mol. The van der Waals surface area contributed by atoms with Gasteiger partial charge in [0.1, 0.15) is 11.5 Å². The zero-order chi connectivity index (χ0) is 17.5. The number of amides is 1. The van der Waals surface area contributed by atoms with E-state index < -0.39 is 0 Å². The molecule has 0 aliphatic rings. The first-order valence-corrected chi connectivity index (χ1v) is 8.02. The normalized spacial score (nSPS) is 12.3. The Morgan fingerprint density at radius 1 is 1.38 bits per heavy atom. The minimum atomic E-state index is -0.327. The van der Waals surface area contributed by atoms with E-state index in [1.807, 2.05) is 6.07 Å². The monoisotopic (exact) mass is 332 g/mol. The van der Waals surface area contributed by atoms with Gasteiger partial charge in [0.25, 0.3) is 5.91 Å². The van der Waals surface area contributed by atoms with Crippen LogP contribution in [0.5, 0.6) is 0 Å². The third kappa shape index (κ3) is 5.34. The van der Waals surface area contributed by atoms with Crippen LogP contribution in [0.2, 0.25) is 0 Å². The molecule has 0 spiro atoms. The molecule has 130 valence electrons. The van der Waals surface area contributed by atoms with Crippen molar-refractivity contribution in [2.24, 2.45) is 11.8 Å². The molecule has 1 atom stereocenters. The topological polar surface area (TPSA) is 114 Å². The first-order chi connectivity index (χ1) is 11.5. The fourth-order valence-electron chi connectivity index (χ4n) is 2.40. The molecule has 2 rings (SSSR count).